The number of hydrogen-bond acceptors (Lipinski definition) is 4. The first-order valence-corrected chi connectivity index (χ1v) is 21.0. The summed E-state index contributed by atoms with van der Waals surface area (Å²) in [5.41, 5.74) is 4.25. The Morgan fingerprint density at radius 1 is 0.868 bits per heavy atom. The smallest absolute Gasteiger partial charge is 0.335 e. The van der Waals surface area contributed by atoms with Gasteiger partial charge in [0.15, 0.2) is 0 Å². The minimum Gasteiger partial charge on any atom is -0.478 e. The van der Waals surface area contributed by atoms with E-state index >= 15 is 0 Å². The SMILES string of the molecule is C#C.C#C.C#C.C=CC.CC.CC(C)SNCCN[C@]12CCCC1[C@H]1CCC3[C@@](C)(CCC4C(C)(C)C(c5ccc(C(=O)O)cc5)=CC[C@@]43C)C1CC2. The van der Waals surface area contributed by atoms with Crippen LogP contribution in [-0.4, -0.2) is 35.0 Å². The zero-order valence-corrected chi connectivity index (χ0v) is 35.7. The van der Waals surface area contributed by atoms with E-state index in [9.17, 15) is 9.90 Å². The second kappa shape index (κ2) is 21.9. The minimum absolute atomic E-state index is 0.0783. The van der Waals surface area contributed by atoms with Gasteiger partial charge in [-0.2, -0.15) is 0 Å². The third-order valence-electron chi connectivity index (χ3n) is 13.6. The maximum atomic E-state index is 11.5. The summed E-state index contributed by atoms with van der Waals surface area (Å²) in [6.07, 6.45) is 42.0. The molecule has 6 rings (SSSR count). The number of carboxylic acid groups (broad SMARTS) is 1. The van der Waals surface area contributed by atoms with Crippen molar-refractivity contribution in [2.24, 2.45) is 45.8 Å². The molecule has 3 N–H and O–H groups in total. The van der Waals surface area contributed by atoms with E-state index in [4.69, 9.17) is 0 Å². The van der Waals surface area contributed by atoms with Gasteiger partial charge in [-0.15, -0.1) is 45.1 Å². The van der Waals surface area contributed by atoms with Gasteiger partial charge in [0, 0.05) is 23.9 Å². The van der Waals surface area contributed by atoms with Gasteiger partial charge in [-0.25, -0.2) is 4.79 Å². The molecule has 4 fully saturated rings. The molecule has 5 aliphatic carbocycles. The number of aromatic carboxylic acids is 1. The van der Waals surface area contributed by atoms with E-state index in [1.165, 1.54) is 68.9 Å². The molecular weight excluding hydrogens is 669 g/mol. The van der Waals surface area contributed by atoms with Gasteiger partial charge in [-0.05, 0) is 134 Å². The molecule has 0 heterocycles. The first-order chi connectivity index (χ1) is 25.3. The van der Waals surface area contributed by atoms with Crippen LogP contribution in [0.4, 0.5) is 0 Å². The maximum Gasteiger partial charge on any atom is 0.335 e. The molecule has 0 amide bonds. The average molecular weight is 743 g/mol. The van der Waals surface area contributed by atoms with E-state index in [0.29, 0.717) is 33.1 Å². The molecule has 0 aromatic heterocycles. The lowest BCUT2D eigenvalue weighted by atomic mass is 9.37. The van der Waals surface area contributed by atoms with E-state index in [-0.39, 0.29) is 5.41 Å². The number of hydrogen-bond donors (Lipinski definition) is 3. The van der Waals surface area contributed by atoms with Crippen molar-refractivity contribution in [1.82, 2.24) is 10.0 Å². The molecule has 1 aromatic carbocycles. The molecule has 4 saturated carbocycles. The van der Waals surface area contributed by atoms with E-state index < -0.39 is 5.97 Å². The van der Waals surface area contributed by atoms with Crippen molar-refractivity contribution in [3.8, 4) is 38.5 Å². The monoisotopic (exact) mass is 743 g/mol. The fourth-order valence-electron chi connectivity index (χ4n) is 12.0. The van der Waals surface area contributed by atoms with Gasteiger partial charge >= 0.3 is 5.97 Å². The van der Waals surface area contributed by atoms with Crippen LogP contribution in [0.5, 0.6) is 0 Å². The summed E-state index contributed by atoms with van der Waals surface area (Å²) in [5, 5.41) is 14.2. The molecule has 294 valence electrons. The van der Waals surface area contributed by atoms with Crippen molar-refractivity contribution in [1.29, 1.82) is 0 Å². The summed E-state index contributed by atoms with van der Waals surface area (Å²) < 4.78 is 3.58. The molecule has 0 spiro atoms. The summed E-state index contributed by atoms with van der Waals surface area (Å²) in [4.78, 5) is 11.5. The van der Waals surface area contributed by atoms with Crippen molar-refractivity contribution in [2.75, 3.05) is 13.1 Å². The normalized spacial score (nSPS) is 32.5. The van der Waals surface area contributed by atoms with Crippen LogP contribution < -0.4 is 10.0 Å². The molecule has 4 unspecified atom stereocenters. The number of fused-ring (bicyclic) bond motifs is 7. The lowest BCUT2D eigenvalue weighted by Crippen LogP contribution is -2.63. The summed E-state index contributed by atoms with van der Waals surface area (Å²) in [6, 6.07) is 7.65. The highest BCUT2D eigenvalue weighted by molar-refractivity contribution is 7.97. The van der Waals surface area contributed by atoms with Crippen LogP contribution in [0.1, 0.15) is 142 Å². The summed E-state index contributed by atoms with van der Waals surface area (Å²) in [7, 11) is 0. The Morgan fingerprint density at radius 2 is 1.47 bits per heavy atom. The van der Waals surface area contributed by atoms with Crippen molar-refractivity contribution in [3.05, 3.63) is 54.1 Å². The predicted molar refractivity (Wildman–Crippen MR) is 233 cm³/mol. The largest absolute Gasteiger partial charge is 0.478 e. The average Bonchev–Trinajstić information content (AvgIpc) is 3.59. The highest BCUT2D eigenvalue weighted by Gasteiger charge is 2.65. The van der Waals surface area contributed by atoms with Gasteiger partial charge in [0.1, 0.15) is 0 Å². The standard InChI is InChI=1S/C37H56N2O2S.C3H6.C2H6.3C2H2/c1-24(2)42-39-23-22-38-37-18-7-8-30(37)27-13-14-32-35(5,29(27)16-21-37)20-17-31-34(3,4)28(15-19-36(31,32)6)25-9-11-26(12-10-25)33(40)41;1-3-2;4*1-2/h9-12,15,24,27,29-32,38-39H,7-8,13-14,16-23H2,1-6H3,(H,40,41);3H,1H2,2H3;1-2H3;3*1-2H/t27-,29?,30?,31?,32?,35-,36-,37-;;;;;/m0...../s1. The van der Waals surface area contributed by atoms with Gasteiger partial charge < -0.3 is 10.4 Å². The Morgan fingerprint density at radius 3 is 2.04 bits per heavy atom. The zero-order chi connectivity index (χ0) is 40.6. The molecule has 0 bridgehead atoms. The summed E-state index contributed by atoms with van der Waals surface area (Å²) in [6.45, 7) is 26.3. The number of nitrogens with one attached hydrogen (secondary N) is 2. The molecule has 1 aromatic rings. The second-order valence-electron chi connectivity index (χ2n) is 16.5. The van der Waals surface area contributed by atoms with Gasteiger partial charge in [0.2, 0.25) is 0 Å². The lowest BCUT2D eigenvalue weighted by Gasteiger charge is -2.68. The van der Waals surface area contributed by atoms with Gasteiger partial charge in [-0.1, -0.05) is 98.0 Å². The first kappa shape index (κ1) is 48.1. The molecular formula is C48H74N2O2S. The Bertz CT molecular complexity index is 1360. The molecule has 0 saturated heterocycles. The minimum atomic E-state index is -0.848. The summed E-state index contributed by atoms with van der Waals surface area (Å²) >= 11 is 1.86. The van der Waals surface area contributed by atoms with Gasteiger partial charge in [0.05, 0.1) is 5.56 Å². The number of rotatable bonds is 8. The number of terminal acetylenes is 3. The van der Waals surface area contributed by atoms with Crippen LogP contribution in [0.15, 0.2) is 43.0 Å². The molecule has 0 aliphatic heterocycles. The fourth-order valence-corrected chi connectivity index (χ4v) is 12.6. The van der Waals surface area contributed by atoms with E-state index in [0.717, 1.165) is 43.2 Å². The lowest BCUT2D eigenvalue weighted by molar-refractivity contribution is -0.172. The number of benzene rings is 1. The molecule has 53 heavy (non-hydrogen) atoms. The molecule has 8 atom stereocenters. The Balaban J connectivity index is 0.00000116. The quantitative estimate of drug-likeness (QED) is 0.107. The highest BCUT2D eigenvalue weighted by atomic mass is 32.2. The molecule has 5 aliphatic rings. The third-order valence-corrected chi connectivity index (χ3v) is 14.4. The Kier molecular flexibility index (Phi) is 19.9. The van der Waals surface area contributed by atoms with Crippen molar-refractivity contribution in [2.45, 2.75) is 137 Å². The van der Waals surface area contributed by atoms with Gasteiger partial charge in [-0.3, -0.25) is 4.72 Å². The predicted octanol–water partition coefficient (Wildman–Crippen LogP) is 11.8. The van der Waals surface area contributed by atoms with E-state index in [1.807, 2.05) is 44.9 Å². The first-order valence-electron chi connectivity index (χ1n) is 20.1. The van der Waals surface area contributed by atoms with Crippen LogP contribution in [0.2, 0.25) is 0 Å². The number of carboxylic acids is 1. The number of carbonyl (C=O) groups is 1. The third kappa shape index (κ3) is 10.1. The second-order valence-corrected chi connectivity index (χ2v) is 18.0. The highest BCUT2D eigenvalue weighted by Crippen LogP contribution is 2.72. The zero-order valence-electron chi connectivity index (χ0n) is 34.8. The van der Waals surface area contributed by atoms with Crippen LogP contribution in [-0.2, 0) is 0 Å². The molecule has 4 nitrogen and oxygen atoms in total. The molecule has 5 heteroatoms. The number of allylic oxidation sites excluding steroid dienone is 3. The van der Waals surface area contributed by atoms with Crippen LogP contribution in [0, 0.1) is 84.4 Å². The Labute approximate surface area is 331 Å². The molecule has 0 radical (unpaired) electrons. The van der Waals surface area contributed by atoms with Crippen molar-refractivity contribution >= 4 is 23.5 Å². The van der Waals surface area contributed by atoms with Crippen LogP contribution >= 0.6 is 11.9 Å². The summed E-state index contributed by atoms with van der Waals surface area (Å²) in [5.74, 6) is 3.23. The maximum absolute atomic E-state index is 11.5. The fraction of sp³-hybridized carbons (Fsp3) is 0.646. The van der Waals surface area contributed by atoms with Gasteiger partial charge in [0.25, 0.3) is 0 Å². The van der Waals surface area contributed by atoms with Crippen LogP contribution in [0.3, 0.4) is 0 Å². The van der Waals surface area contributed by atoms with Crippen LogP contribution in [0.25, 0.3) is 5.57 Å². The van der Waals surface area contributed by atoms with Crippen molar-refractivity contribution in [3.63, 3.8) is 0 Å². The topological polar surface area (TPSA) is 61.4 Å². The van der Waals surface area contributed by atoms with E-state index in [1.54, 1.807) is 18.2 Å². The van der Waals surface area contributed by atoms with Crippen molar-refractivity contribution < 1.29 is 9.90 Å². The van der Waals surface area contributed by atoms with E-state index in [2.05, 4.69) is 103 Å². The Hall–Kier alpha value is -2.88.